The van der Waals surface area contributed by atoms with Gasteiger partial charge in [0.1, 0.15) is 5.84 Å². The molecule has 0 unspecified atom stereocenters. The zero-order valence-electron chi connectivity index (χ0n) is 11.3. The third kappa shape index (κ3) is 5.35. The van der Waals surface area contributed by atoms with Crippen LogP contribution in [0, 0.1) is 5.41 Å². The van der Waals surface area contributed by atoms with Gasteiger partial charge in [0.25, 0.3) is 0 Å². The Balaban J connectivity index is 4.07. The molecule has 0 aliphatic heterocycles. The van der Waals surface area contributed by atoms with Gasteiger partial charge in [0.2, 0.25) is 0 Å². The van der Waals surface area contributed by atoms with E-state index in [2.05, 4.69) is 31.2 Å². The van der Waals surface area contributed by atoms with E-state index >= 15 is 0 Å². The van der Waals surface area contributed by atoms with Gasteiger partial charge in [-0.1, -0.05) is 32.3 Å². The van der Waals surface area contributed by atoms with Crippen LogP contribution in [0.1, 0.15) is 53.9 Å². The van der Waals surface area contributed by atoms with Crippen molar-refractivity contribution in [2.75, 3.05) is 6.54 Å². The number of oxime groups is 1. The molecule has 0 fully saturated rings. The van der Waals surface area contributed by atoms with Crippen molar-refractivity contribution in [1.29, 1.82) is 0 Å². The van der Waals surface area contributed by atoms with Crippen molar-refractivity contribution in [3.8, 4) is 0 Å². The molecule has 0 saturated carbocycles. The standard InChI is InChI=1S/C12H27N3O/c1-6-7-12(4,5)14-9-8-11(2,3)10(13)15-16/h14,16H,6-9H2,1-5H3,(H2,13,15). The minimum absolute atomic E-state index is 0.163. The second-order valence-electron chi connectivity index (χ2n) is 5.68. The van der Waals surface area contributed by atoms with Gasteiger partial charge in [0, 0.05) is 11.0 Å². The Hall–Kier alpha value is -0.770. The Kier molecular flexibility index (Phi) is 5.79. The van der Waals surface area contributed by atoms with Gasteiger partial charge in [-0.05, 0) is 33.2 Å². The Labute approximate surface area is 99.3 Å². The van der Waals surface area contributed by atoms with E-state index in [0.29, 0.717) is 5.84 Å². The van der Waals surface area contributed by atoms with Gasteiger partial charge < -0.3 is 16.3 Å². The fourth-order valence-corrected chi connectivity index (χ4v) is 1.69. The number of hydrogen-bond donors (Lipinski definition) is 3. The highest BCUT2D eigenvalue weighted by Gasteiger charge is 2.24. The van der Waals surface area contributed by atoms with Crippen LogP contribution in [0.4, 0.5) is 0 Å². The second kappa shape index (κ2) is 6.09. The SMILES string of the molecule is CCCC(C)(C)NCCC(C)(C)C(N)=NO. The zero-order chi connectivity index (χ0) is 12.8. The van der Waals surface area contributed by atoms with Crippen molar-refractivity contribution in [2.45, 2.75) is 59.4 Å². The Morgan fingerprint density at radius 2 is 1.81 bits per heavy atom. The number of hydrogen-bond acceptors (Lipinski definition) is 3. The average Bonchev–Trinajstić information content (AvgIpc) is 2.15. The molecule has 0 rings (SSSR count). The third-order valence-corrected chi connectivity index (χ3v) is 3.03. The first-order chi connectivity index (χ1) is 7.25. The maximum absolute atomic E-state index is 8.66. The zero-order valence-corrected chi connectivity index (χ0v) is 11.3. The number of nitrogens with two attached hydrogens (primary N) is 1. The lowest BCUT2D eigenvalue weighted by Gasteiger charge is -2.29. The molecule has 0 aromatic heterocycles. The molecule has 0 bridgehead atoms. The van der Waals surface area contributed by atoms with Gasteiger partial charge in [-0.2, -0.15) is 0 Å². The summed E-state index contributed by atoms with van der Waals surface area (Å²) < 4.78 is 0. The molecule has 0 radical (unpaired) electrons. The summed E-state index contributed by atoms with van der Waals surface area (Å²) >= 11 is 0. The van der Waals surface area contributed by atoms with Gasteiger partial charge in [0.05, 0.1) is 0 Å². The molecule has 0 aliphatic carbocycles. The van der Waals surface area contributed by atoms with Crippen LogP contribution in [0.5, 0.6) is 0 Å². The summed E-state index contributed by atoms with van der Waals surface area (Å²) in [5, 5.41) is 15.2. The van der Waals surface area contributed by atoms with Crippen molar-refractivity contribution in [2.24, 2.45) is 16.3 Å². The summed E-state index contributed by atoms with van der Waals surface area (Å²) in [6.45, 7) is 11.4. The maximum Gasteiger partial charge on any atom is 0.144 e. The van der Waals surface area contributed by atoms with Gasteiger partial charge in [-0.25, -0.2) is 0 Å². The van der Waals surface area contributed by atoms with E-state index in [9.17, 15) is 0 Å². The Morgan fingerprint density at radius 1 is 1.25 bits per heavy atom. The van der Waals surface area contributed by atoms with E-state index < -0.39 is 0 Å². The third-order valence-electron chi connectivity index (χ3n) is 3.03. The van der Waals surface area contributed by atoms with Crippen molar-refractivity contribution >= 4 is 5.84 Å². The molecule has 16 heavy (non-hydrogen) atoms. The van der Waals surface area contributed by atoms with Gasteiger partial charge in [-0.3, -0.25) is 0 Å². The molecule has 4 N–H and O–H groups in total. The number of nitrogens with one attached hydrogen (secondary N) is 1. The van der Waals surface area contributed by atoms with Crippen LogP contribution in [0.3, 0.4) is 0 Å². The van der Waals surface area contributed by atoms with Crippen molar-refractivity contribution in [1.82, 2.24) is 5.32 Å². The molecule has 0 heterocycles. The summed E-state index contributed by atoms with van der Waals surface area (Å²) in [6.07, 6.45) is 3.18. The van der Waals surface area contributed by atoms with Crippen molar-refractivity contribution < 1.29 is 5.21 Å². The van der Waals surface area contributed by atoms with Gasteiger partial charge >= 0.3 is 0 Å². The molecule has 0 aromatic rings. The fourth-order valence-electron chi connectivity index (χ4n) is 1.69. The quantitative estimate of drug-likeness (QED) is 0.271. The number of nitrogens with zero attached hydrogens (tertiary/aromatic N) is 1. The molecular weight excluding hydrogens is 202 g/mol. The molecule has 0 saturated heterocycles. The highest BCUT2D eigenvalue weighted by atomic mass is 16.4. The number of amidine groups is 1. The van der Waals surface area contributed by atoms with Gasteiger partial charge in [-0.15, -0.1) is 0 Å². The van der Waals surface area contributed by atoms with Crippen molar-refractivity contribution in [3.63, 3.8) is 0 Å². The average molecular weight is 229 g/mol. The van der Waals surface area contributed by atoms with Crippen LogP contribution in [-0.2, 0) is 0 Å². The maximum atomic E-state index is 8.66. The molecule has 4 nitrogen and oxygen atoms in total. The van der Waals surface area contributed by atoms with E-state index in [1.54, 1.807) is 0 Å². The molecule has 0 aromatic carbocycles. The first-order valence-electron chi connectivity index (χ1n) is 5.98. The number of rotatable bonds is 7. The molecule has 96 valence electrons. The molecule has 0 atom stereocenters. The fraction of sp³-hybridized carbons (Fsp3) is 0.917. The van der Waals surface area contributed by atoms with Crippen LogP contribution in [0.15, 0.2) is 5.16 Å². The summed E-state index contributed by atoms with van der Waals surface area (Å²) in [6, 6.07) is 0. The van der Waals surface area contributed by atoms with E-state index in [0.717, 1.165) is 19.4 Å². The van der Waals surface area contributed by atoms with Crippen LogP contribution in [-0.4, -0.2) is 23.1 Å². The molecule has 0 aliphatic rings. The lowest BCUT2D eigenvalue weighted by Crippen LogP contribution is -2.42. The molecule has 0 spiro atoms. The largest absolute Gasteiger partial charge is 0.409 e. The lowest BCUT2D eigenvalue weighted by molar-refractivity contribution is 0.298. The van der Waals surface area contributed by atoms with E-state index in [1.165, 1.54) is 6.42 Å². The topological polar surface area (TPSA) is 70.6 Å². The van der Waals surface area contributed by atoms with Crippen LogP contribution in [0.2, 0.25) is 0 Å². The first-order valence-corrected chi connectivity index (χ1v) is 5.98. The summed E-state index contributed by atoms with van der Waals surface area (Å²) in [5.41, 5.74) is 5.53. The molecule has 0 amide bonds. The monoisotopic (exact) mass is 229 g/mol. The predicted octanol–water partition coefficient (Wildman–Crippen LogP) is 2.32. The summed E-state index contributed by atoms with van der Waals surface area (Å²) in [7, 11) is 0. The predicted molar refractivity (Wildman–Crippen MR) is 68.8 cm³/mol. The first kappa shape index (κ1) is 15.2. The van der Waals surface area contributed by atoms with E-state index in [-0.39, 0.29) is 11.0 Å². The Bertz CT molecular complexity index is 234. The summed E-state index contributed by atoms with van der Waals surface area (Å²) in [5.74, 6) is 0.294. The smallest absolute Gasteiger partial charge is 0.144 e. The van der Waals surface area contributed by atoms with Gasteiger partial charge in [0.15, 0.2) is 0 Å². The second-order valence-corrected chi connectivity index (χ2v) is 5.68. The van der Waals surface area contributed by atoms with Crippen molar-refractivity contribution in [3.05, 3.63) is 0 Å². The molecule has 4 heteroatoms. The lowest BCUT2D eigenvalue weighted by atomic mass is 9.87. The normalized spacial score (nSPS) is 14.2. The molecular formula is C12H27N3O. The highest BCUT2D eigenvalue weighted by Crippen LogP contribution is 2.20. The minimum Gasteiger partial charge on any atom is -0.409 e. The minimum atomic E-state index is -0.260. The van der Waals surface area contributed by atoms with E-state index in [1.807, 2.05) is 13.8 Å². The Morgan fingerprint density at radius 3 is 2.25 bits per heavy atom. The van der Waals surface area contributed by atoms with Crippen LogP contribution < -0.4 is 11.1 Å². The highest BCUT2D eigenvalue weighted by molar-refractivity contribution is 5.85. The van der Waals surface area contributed by atoms with Crippen LogP contribution in [0.25, 0.3) is 0 Å². The van der Waals surface area contributed by atoms with E-state index in [4.69, 9.17) is 10.9 Å². The van der Waals surface area contributed by atoms with Crippen LogP contribution >= 0.6 is 0 Å². The summed E-state index contributed by atoms with van der Waals surface area (Å²) in [4.78, 5) is 0.